The minimum absolute atomic E-state index is 0.731. The van der Waals surface area contributed by atoms with Crippen LogP contribution in [0.1, 0.15) is 40.0 Å². The molecule has 10 heavy (non-hydrogen) atoms. The van der Waals surface area contributed by atoms with Crippen molar-refractivity contribution in [1.29, 1.82) is 0 Å². The monoisotopic (exact) mass is 143 g/mol. The average molecular weight is 143 g/mol. The van der Waals surface area contributed by atoms with Crippen LogP contribution in [0.2, 0.25) is 0 Å². The summed E-state index contributed by atoms with van der Waals surface area (Å²) in [4.78, 5) is 0. The summed E-state index contributed by atoms with van der Waals surface area (Å²) in [5, 5.41) is 3.32. The second kappa shape index (κ2) is 5.72. The fourth-order valence-electron chi connectivity index (χ4n) is 1.14. The van der Waals surface area contributed by atoms with Gasteiger partial charge < -0.3 is 5.32 Å². The van der Waals surface area contributed by atoms with E-state index in [-0.39, 0.29) is 0 Å². The van der Waals surface area contributed by atoms with Crippen molar-refractivity contribution in [3.63, 3.8) is 0 Å². The van der Waals surface area contributed by atoms with Crippen LogP contribution in [0, 0.1) is 5.92 Å². The summed E-state index contributed by atoms with van der Waals surface area (Å²) in [6.07, 6.45) is 3.88. The molecule has 0 fully saturated rings. The fourth-order valence-corrected chi connectivity index (χ4v) is 1.14. The molecule has 0 saturated carbocycles. The molecule has 1 heteroatoms. The standard InChI is InChI=1S/C9H21N/c1-5-8(3)7-9(6-2)10-4/h8-10H,5-7H2,1-4H3/t8-,9?/m1/s1. The third-order valence-corrected chi connectivity index (χ3v) is 2.28. The molecule has 0 aromatic carbocycles. The first-order valence-electron chi connectivity index (χ1n) is 4.41. The Hall–Kier alpha value is -0.0400. The molecule has 1 nitrogen and oxygen atoms in total. The highest BCUT2D eigenvalue weighted by Gasteiger charge is 2.06. The molecule has 0 amide bonds. The van der Waals surface area contributed by atoms with Gasteiger partial charge in [-0.2, -0.15) is 0 Å². The molecule has 0 bridgehead atoms. The summed E-state index contributed by atoms with van der Waals surface area (Å²) >= 11 is 0. The SMILES string of the molecule is CCC(C[C@H](C)CC)NC. The fraction of sp³-hybridized carbons (Fsp3) is 1.00. The lowest BCUT2D eigenvalue weighted by Crippen LogP contribution is -2.26. The van der Waals surface area contributed by atoms with E-state index in [0.29, 0.717) is 0 Å². The van der Waals surface area contributed by atoms with Crippen molar-refractivity contribution in [2.24, 2.45) is 5.92 Å². The Bertz CT molecular complexity index is 67.1. The van der Waals surface area contributed by atoms with Crippen LogP contribution in [0.3, 0.4) is 0 Å². The topological polar surface area (TPSA) is 12.0 Å². The highest BCUT2D eigenvalue weighted by Crippen LogP contribution is 2.10. The van der Waals surface area contributed by atoms with Crippen LogP contribution in [0.4, 0.5) is 0 Å². The number of hydrogen-bond acceptors (Lipinski definition) is 1. The Morgan fingerprint density at radius 1 is 1.20 bits per heavy atom. The van der Waals surface area contributed by atoms with Crippen molar-refractivity contribution in [3.05, 3.63) is 0 Å². The minimum Gasteiger partial charge on any atom is -0.317 e. The highest BCUT2D eigenvalue weighted by molar-refractivity contribution is 4.65. The van der Waals surface area contributed by atoms with E-state index in [0.717, 1.165) is 12.0 Å². The highest BCUT2D eigenvalue weighted by atomic mass is 14.9. The van der Waals surface area contributed by atoms with Gasteiger partial charge in [0.1, 0.15) is 0 Å². The number of rotatable bonds is 5. The zero-order valence-corrected chi connectivity index (χ0v) is 7.78. The molecular formula is C9H21N. The first-order valence-corrected chi connectivity index (χ1v) is 4.41. The van der Waals surface area contributed by atoms with Gasteiger partial charge in [0.2, 0.25) is 0 Å². The Morgan fingerprint density at radius 3 is 2.10 bits per heavy atom. The lowest BCUT2D eigenvalue weighted by molar-refractivity contribution is 0.404. The average Bonchev–Trinajstić information content (AvgIpc) is 1.99. The van der Waals surface area contributed by atoms with E-state index in [1.165, 1.54) is 19.3 Å². The van der Waals surface area contributed by atoms with Crippen LogP contribution in [0.25, 0.3) is 0 Å². The molecule has 2 atom stereocenters. The molecule has 0 aromatic rings. The summed E-state index contributed by atoms with van der Waals surface area (Å²) in [6, 6.07) is 0.731. The first-order chi connectivity index (χ1) is 4.74. The summed E-state index contributed by atoms with van der Waals surface area (Å²) < 4.78 is 0. The van der Waals surface area contributed by atoms with E-state index in [1.807, 2.05) is 0 Å². The summed E-state index contributed by atoms with van der Waals surface area (Å²) in [6.45, 7) is 6.82. The molecule has 0 saturated heterocycles. The van der Waals surface area contributed by atoms with Gasteiger partial charge in [-0.25, -0.2) is 0 Å². The Kier molecular flexibility index (Phi) is 5.70. The number of nitrogens with one attached hydrogen (secondary N) is 1. The largest absolute Gasteiger partial charge is 0.317 e. The van der Waals surface area contributed by atoms with Gasteiger partial charge in [-0.05, 0) is 25.8 Å². The van der Waals surface area contributed by atoms with E-state index in [9.17, 15) is 0 Å². The molecule has 1 unspecified atom stereocenters. The predicted octanol–water partition coefficient (Wildman–Crippen LogP) is 2.42. The number of hydrogen-bond donors (Lipinski definition) is 1. The van der Waals surface area contributed by atoms with E-state index in [1.54, 1.807) is 0 Å². The maximum Gasteiger partial charge on any atom is 0.00639 e. The molecule has 0 aliphatic heterocycles. The van der Waals surface area contributed by atoms with Crippen molar-refractivity contribution in [2.45, 2.75) is 46.1 Å². The second-order valence-electron chi connectivity index (χ2n) is 3.14. The zero-order chi connectivity index (χ0) is 7.98. The van der Waals surface area contributed by atoms with Gasteiger partial charge in [0.25, 0.3) is 0 Å². The van der Waals surface area contributed by atoms with Crippen molar-refractivity contribution >= 4 is 0 Å². The molecule has 0 radical (unpaired) electrons. The summed E-state index contributed by atoms with van der Waals surface area (Å²) in [7, 11) is 2.05. The molecule has 0 heterocycles. The van der Waals surface area contributed by atoms with Gasteiger partial charge in [-0.15, -0.1) is 0 Å². The van der Waals surface area contributed by atoms with Gasteiger partial charge >= 0.3 is 0 Å². The molecule has 1 N–H and O–H groups in total. The summed E-state index contributed by atoms with van der Waals surface area (Å²) in [5.41, 5.74) is 0. The maximum absolute atomic E-state index is 3.32. The third-order valence-electron chi connectivity index (χ3n) is 2.28. The smallest absolute Gasteiger partial charge is 0.00639 e. The predicted molar refractivity (Wildman–Crippen MR) is 47.2 cm³/mol. The van der Waals surface area contributed by atoms with E-state index < -0.39 is 0 Å². The van der Waals surface area contributed by atoms with Crippen molar-refractivity contribution in [2.75, 3.05) is 7.05 Å². The van der Waals surface area contributed by atoms with Crippen LogP contribution in [0.15, 0.2) is 0 Å². The van der Waals surface area contributed by atoms with Crippen LogP contribution in [0.5, 0.6) is 0 Å². The van der Waals surface area contributed by atoms with Crippen molar-refractivity contribution in [1.82, 2.24) is 5.32 Å². The Labute approximate surface area is 65.2 Å². The maximum atomic E-state index is 3.32. The van der Waals surface area contributed by atoms with Gasteiger partial charge in [0, 0.05) is 6.04 Å². The molecular weight excluding hydrogens is 122 g/mol. The van der Waals surface area contributed by atoms with E-state index in [4.69, 9.17) is 0 Å². The third kappa shape index (κ3) is 3.89. The van der Waals surface area contributed by atoms with Gasteiger partial charge in [-0.3, -0.25) is 0 Å². The minimum atomic E-state index is 0.731. The van der Waals surface area contributed by atoms with Crippen LogP contribution < -0.4 is 5.32 Å². The lowest BCUT2D eigenvalue weighted by Gasteiger charge is -2.17. The van der Waals surface area contributed by atoms with Gasteiger partial charge in [0.15, 0.2) is 0 Å². The van der Waals surface area contributed by atoms with Crippen LogP contribution >= 0.6 is 0 Å². The normalized spacial score (nSPS) is 16.8. The molecule has 0 aliphatic rings. The van der Waals surface area contributed by atoms with Crippen molar-refractivity contribution in [3.8, 4) is 0 Å². The Balaban J connectivity index is 3.41. The van der Waals surface area contributed by atoms with E-state index >= 15 is 0 Å². The van der Waals surface area contributed by atoms with Crippen LogP contribution in [-0.2, 0) is 0 Å². The Morgan fingerprint density at radius 2 is 1.80 bits per heavy atom. The van der Waals surface area contributed by atoms with Crippen molar-refractivity contribution < 1.29 is 0 Å². The molecule has 0 spiro atoms. The van der Waals surface area contributed by atoms with Gasteiger partial charge in [0.05, 0.1) is 0 Å². The zero-order valence-electron chi connectivity index (χ0n) is 7.78. The molecule has 0 aromatic heterocycles. The van der Waals surface area contributed by atoms with Gasteiger partial charge in [-0.1, -0.05) is 27.2 Å². The summed E-state index contributed by atoms with van der Waals surface area (Å²) in [5.74, 6) is 0.873. The first kappa shape index (κ1) is 9.96. The second-order valence-corrected chi connectivity index (χ2v) is 3.14. The molecule has 62 valence electrons. The molecule has 0 aliphatic carbocycles. The van der Waals surface area contributed by atoms with Crippen LogP contribution in [-0.4, -0.2) is 13.1 Å². The lowest BCUT2D eigenvalue weighted by atomic mass is 9.98. The van der Waals surface area contributed by atoms with E-state index in [2.05, 4.69) is 33.1 Å². The quantitative estimate of drug-likeness (QED) is 0.623. The molecule has 0 rings (SSSR count).